The molecule has 2 nitrogen and oxygen atoms in total. The number of hydrogen-bond donors (Lipinski definition) is 1. The van der Waals surface area contributed by atoms with Gasteiger partial charge in [-0.25, -0.2) is 0 Å². The molecule has 0 heterocycles. The van der Waals surface area contributed by atoms with E-state index in [1.807, 2.05) is 30.3 Å². The molecular weight excluding hydrogens is 426 g/mol. The molecule has 0 aliphatic rings. The monoisotopic (exact) mass is 443 g/mol. The Bertz CT molecular complexity index is 652. The number of thioether (sulfide) groups is 2. The van der Waals surface area contributed by atoms with Crippen molar-refractivity contribution >= 4 is 57.0 Å². The Balaban J connectivity index is 1.52. The smallest absolute Gasteiger partial charge is 0.230 e. The van der Waals surface area contributed by atoms with Crippen LogP contribution in [0, 0.1) is 0 Å². The third-order valence-electron chi connectivity index (χ3n) is 3.14. The summed E-state index contributed by atoms with van der Waals surface area (Å²) in [7, 11) is 0. The first-order valence-electron chi connectivity index (χ1n) is 7.54. The first kappa shape index (κ1) is 19.7. The van der Waals surface area contributed by atoms with Gasteiger partial charge in [-0.05, 0) is 35.4 Å². The molecule has 1 amide bonds. The van der Waals surface area contributed by atoms with E-state index < -0.39 is 0 Å². The summed E-state index contributed by atoms with van der Waals surface area (Å²) in [5.41, 5.74) is 2.44. The van der Waals surface area contributed by atoms with E-state index in [4.69, 9.17) is 11.6 Å². The fourth-order valence-electron chi connectivity index (χ4n) is 1.97. The van der Waals surface area contributed by atoms with Crippen LogP contribution >= 0.6 is 51.1 Å². The van der Waals surface area contributed by atoms with Gasteiger partial charge in [0.15, 0.2) is 0 Å². The molecule has 0 atom stereocenters. The van der Waals surface area contributed by atoms with Crippen LogP contribution in [0.3, 0.4) is 0 Å². The van der Waals surface area contributed by atoms with Crippen molar-refractivity contribution in [3.8, 4) is 0 Å². The fourth-order valence-corrected chi connectivity index (χ4v) is 4.07. The summed E-state index contributed by atoms with van der Waals surface area (Å²) in [6.45, 7) is 0.697. The molecule has 0 spiro atoms. The number of carbonyl (C=O) groups is 1. The van der Waals surface area contributed by atoms with Crippen LogP contribution in [-0.4, -0.2) is 24.0 Å². The molecule has 0 saturated heterocycles. The molecule has 0 unspecified atom stereocenters. The Morgan fingerprint density at radius 3 is 2.54 bits per heavy atom. The average Bonchev–Trinajstić information content (AvgIpc) is 2.56. The molecule has 0 fully saturated rings. The van der Waals surface area contributed by atoms with Gasteiger partial charge in [0.05, 0.1) is 5.75 Å². The Hall–Kier alpha value is -0.620. The van der Waals surface area contributed by atoms with Crippen LogP contribution in [0.4, 0.5) is 0 Å². The molecule has 2 rings (SSSR count). The van der Waals surface area contributed by atoms with Crippen molar-refractivity contribution in [2.24, 2.45) is 0 Å². The lowest BCUT2D eigenvalue weighted by molar-refractivity contribution is -0.118. The van der Waals surface area contributed by atoms with E-state index in [2.05, 4.69) is 39.4 Å². The maximum Gasteiger partial charge on any atom is 0.230 e. The van der Waals surface area contributed by atoms with Gasteiger partial charge in [0.1, 0.15) is 0 Å². The van der Waals surface area contributed by atoms with Crippen LogP contribution in [0.5, 0.6) is 0 Å². The van der Waals surface area contributed by atoms with E-state index in [9.17, 15) is 4.79 Å². The highest BCUT2D eigenvalue weighted by molar-refractivity contribution is 9.10. The van der Waals surface area contributed by atoms with Crippen LogP contribution in [-0.2, 0) is 16.3 Å². The molecule has 128 valence electrons. The zero-order chi connectivity index (χ0) is 17.2. The molecule has 0 saturated carbocycles. The molecule has 0 aromatic heterocycles. The van der Waals surface area contributed by atoms with E-state index in [1.165, 1.54) is 11.1 Å². The lowest BCUT2D eigenvalue weighted by Gasteiger charge is -2.06. The second kappa shape index (κ2) is 11.1. The van der Waals surface area contributed by atoms with Crippen molar-refractivity contribution in [2.45, 2.75) is 11.5 Å². The maximum atomic E-state index is 11.8. The van der Waals surface area contributed by atoms with Crippen LogP contribution < -0.4 is 5.32 Å². The Labute approximate surface area is 165 Å². The molecule has 24 heavy (non-hydrogen) atoms. The zero-order valence-corrected chi connectivity index (χ0v) is 17.1. The van der Waals surface area contributed by atoms with E-state index in [-0.39, 0.29) is 5.91 Å². The number of nitrogens with one attached hydrogen (secondary N) is 1. The normalized spacial score (nSPS) is 10.6. The van der Waals surface area contributed by atoms with Gasteiger partial charge in [0.2, 0.25) is 5.91 Å². The zero-order valence-electron chi connectivity index (χ0n) is 13.1. The molecule has 2 aromatic rings. The summed E-state index contributed by atoms with van der Waals surface area (Å²) in [5, 5.41) is 3.73. The van der Waals surface area contributed by atoms with Crippen molar-refractivity contribution in [3.63, 3.8) is 0 Å². The van der Waals surface area contributed by atoms with Gasteiger partial charge in [-0.15, -0.1) is 11.8 Å². The minimum absolute atomic E-state index is 0.0977. The van der Waals surface area contributed by atoms with Gasteiger partial charge in [-0.2, -0.15) is 11.8 Å². The minimum atomic E-state index is 0.0977. The standard InChI is InChI=1S/C18H19BrClNOS2/c19-16-6-4-14(5-7-16)11-24-13-18(22)21-8-9-23-12-15-2-1-3-17(20)10-15/h1-7,10H,8-9,11-13H2,(H,21,22). The minimum Gasteiger partial charge on any atom is -0.355 e. The van der Waals surface area contributed by atoms with Crippen LogP contribution in [0.25, 0.3) is 0 Å². The highest BCUT2D eigenvalue weighted by atomic mass is 79.9. The molecule has 6 heteroatoms. The summed E-state index contributed by atoms with van der Waals surface area (Å²) in [4.78, 5) is 11.8. The topological polar surface area (TPSA) is 29.1 Å². The van der Waals surface area contributed by atoms with Crippen LogP contribution in [0.2, 0.25) is 5.02 Å². The number of amides is 1. The highest BCUT2D eigenvalue weighted by Gasteiger charge is 2.02. The first-order valence-corrected chi connectivity index (χ1v) is 11.0. The van der Waals surface area contributed by atoms with Crippen molar-refractivity contribution in [1.82, 2.24) is 5.32 Å². The Morgan fingerprint density at radius 1 is 1.04 bits per heavy atom. The number of benzene rings is 2. The van der Waals surface area contributed by atoms with Gasteiger partial charge in [-0.1, -0.05) is 51.8 Å². The number of carbonyl (C=O) groups excluding carboxylic acids is 1. The third kappa shape index (κ3) is 7.97. The number of rotatable bonds is 9. The second-order valence-corrected chi connectivity index (χ2v) is 8.59. The van der Waals surface area contributed by atoms with E-state index in [0.717, 1.165) is 26.8 Å². The largest absolute Gasteiger partial charge is 0.355 e. The predicted molar refractivity (Wildman–Crippen MR) is 111 cm³/mol. The lowest BCUT2D eigenvalue weighted by atomic mass is 10.2. The van der Waals surface area contributed by atoms with E-state index in [0.29, 0.717) is 12.3 Å². The summed E-state index contributed by atoms with van der Waals surface area (Å²) in [6, 6.07) is 16.1. The Kier molecular flexibility index (Phi) is 9.10. The van der Waals surface area contributed by atoms with Crippen molar-refractivity contribution in [2.75, 3.05) is 18.1 Å². The molecule has 0 aliphatic heterocycles. The number of halogens is 2. The Morgan fingerprint density at radius 2 is 1.79 bits per heavy atom. The predicted octanol–water partition coefficient (Wildman–Crippen LogP) is 5.39. The van der Waals surface area contributed by atoms with Crippen molar-refractivity contribution in [1.29, 1.82) is 0 Å². The molecule has 0 aliphatic carbocycles. The summed E-state index contributed by atoms with van der Waals surface area (Å²) in [5.74, 6) is 3.25. The number of hydrogen-bond acceptors (Lipinski definition) is 3. The molecule has 1 N–H and O–H groups in total. The van der Waals surface area contributed by atoms with Gasteiger partial charge in [0.25, 0.3) is 0 Å². The van der Waals surface area contributed by atoms with Gasteiger partial charge >= 0.3 is 0 Å². The first-order chi connectivity index (χ1) is 11.6. The quantitative estimate of drug-likeness (QED) is 0.526. The van der Waals surface area contributed by atoms with Gasteiger partial charge < -0.3 is 5.32 Å². The summed E-state index contributed by atoms with van der Waals surface area (Å²) >= 11 is 12.8. The van der Waals surface area contributed by atoms with Crippen LogP contribution in [0.1, 0.15) is 11.1 Å². The average molecular weight is 445 g/mol. The molecule has 0 radical (unpaired) electrons. The van der Waals surface area contributed by atoms with Crippen molar-refractivity contribution < 1.29 is 4.79 Å². The van der Waals surface area contributed by atoms with Crippen LogP contribution in [0.15, 0.2) is 53.0 Å². The highest BCUT2D eigenvalue weighted by Crippen LogP contribution is 2.17. The van der Waals surface area contributed by atoms with Gasteiger partial charge in [-0.3, -0.25) is 4.79 Å². The van der Waals surface area contributed by atoms with E-state index in [1.54, 1.807) is 23.5 Å². The molecule has 0 bridgehead atoms. The SMILES string of the molecule is O=C(CSCc1ccc(Br)cc1)NCCSCc1cccc(Cl)c1. The molecular formula is C18H19BrClNOS2. The second-order valence-electron chi connectivity index (χ2n) is 5.15. The third-order valence-corrected chi connectivity index (χ3v) is 5.94. The fraction of sp³-hybridized carbons (Fsp3) is 0.278. The van der Waals surface area contributed by atoms with Gasteiger partial charge in [0, 0.05) is 33.3 Å². The van der Waals surface area contributed by atoms with E-state index >= 15 is 0 Å². The molecule has 2 aromatic carbocycles. The van der Waals surface area contributed by atoms with Crippen molar-refractivity contribution in [3.05, 3.63) is 69.2 Å². The summed E-state index contributed by atoms with van der Waals surface area (Å²) in [6.07, 6.45) is 0. The summed E-state index contributed by atoms with van der Waals surface area (Å²) < 4.78 is 1.07. The maximum absolute atomic E-state index is 11.8. The lowest BCUT2D eigenvalue weighted by Crippen LogP contribution is -2.27.